The Balaban J connectivity index is 2.00. The van der Waals surface area contributed by atoms with E-state index in [1.807, 2.05) is 0 Å². The Kier molecular flexibility index (Phi) is 5.77. The van der Waals surface area contributed by atoms with Gasteiger partial charge in [0.2, 0.25) is 0 Å². The highest BCUT2D eigenvalue weighted by Gasteiger charge is 2.42. The number of ether oxygens (including phenoxy) is 1. The van der Waals surface area contributed by atoms with Gasteiger partial charge in [-0.2, -0.15) is 8.42 Å². The fraction of sp³-hybridized carbons (Fsp3) is 0.429. The van der Waals surface area contributed by atoms with Crippen molar-refractivity contribution in [2.24, 2.45) is 0 Å². The first-order valence-corrected chi connectivity index (χ1v) is 9.16. The number of aliphatic carboxylic acids is 1. The van der Waals surface area contributed by atoms with Crippen molar-refractivity contribution in [1.82, 2.24) is 4.90 Å². The minimum absolute atomic E-state index is 0.119. The molecule has 1 amide bonds. The predicted octanol–water partition coefficient (Wildman–Crippen LogP) is 0.735. The number of hydrogen-bond acceptors (Lipinski definition) is 8. The van der Waals surface area contributed by atoms with Gasteiger partial charge in [-0.3, -0.25) is 19.2 Å². The average molecular weight is 388 g/mol. The van der Waals surface area contributed by atoms with Gasteiger partial charge in [-0.1, -0.05) is 0 Å². The molecule has 1 aliphatic rings. The number of likely N-dealkylation sites (tertiary alicyclic amines) is 1. The standard InChI is InChI=1S/C14H16N2O9S/c1-26(22,23)25-11-6-12(13(17)18)15(7-11)14(19)24-8-9-2-4-10(5-3-9)16(20)21/h2-5,11-12H,6-8H2,1H3,(H,17,18). The molecule has 26 heavy (non-hydrogen) atoms. The van der Waals surface area contributed by atoms with Crippen LogP contribution in [-0.2, 0) is 30.4 Å². The highest BCUT2D eigenvalue weighted by atomic mass is 32.2. The van der Waals surface area contributed by atoms with Gasteiger partial charge >= 0.3 is 12.1 Å². The van der Waals surface area contributed by atoms with Crippen LogP contribution in [0.15, 0.2) is 24.3 Å². The van der Waals surface area contributed by atoms with Crippen molar-refractivity contribution in [3.05, 3.63) is 39.9 Å². The molecule has 0 spiro atoms. The van der Waals surface area contributed by atoms with Crippen molar-refractivity contribution in [2.45, 2.75) is 25.2 Å². The van der Waals surface area contributed by atoms with E-state index in [9.17, 15) is 33.2 Å². The minimum atomic E-state index is -3.80. The van der Waals surface area contributed by atoms with Gasteiger partial charge in [-0.25, -0.2) is 9.59 Å². The van der Waals surface area contributed by atoms with E-state index in [4.69, 9.17) is 8.92 Å². The molecule has 0 saturated carbocycles. The highest BCUT2D eigenvalue weighted by molar-refractivity contribution is 7.86. The lowest BCUT2D eigenvalue weighted by Crippen LogP contribution is -2.40. The first-order chi connectivity index (χ1) is 12.1. The lowest BCUT2D eigenvalue weighted by Gasteiger charge is -2.20. The third-order valence-corrected chi connectivity index (χ3v) is 4.22. The number of rotatable bonds is 6. The molecular formula is C14H16N2O9S. The summed E-state index contributed by atoms with van der Waals surface area (Å²) in [5.41, 5.74) is 0.352. The van der Waals surface area contributed by atoms with Crippen molar-refractivity contribution in [1.29, 1.82) is 0 Å². The van der Waals surface area contributed by atoms with E-state index in [-0.39, 0.29) is 25.3 Å². The highest BCUT2D eigenvalue weighted by Crippen LogP contribution is 2.23. The summed E-state index contributed by atoms with van der Waals surface area (Å²) >= 11 is 0. The Bertz CT molecular complexity index is 806. The van der Waals surface area contributed by atoms with Crippen LogP contribution in [-0.4, -0.2) is 60.4 Å². The zero-order valence-corrected chi connectivity index (χ0v) is 14.4. The summed E-state index contributed by atoms with van der Waals surface area (Å²) in [5.74, 6) is -1.31. The van der Waals surface area contributed by atoms with Crippen LogP contribution in [0.4, 0.5) is 10.5 Å². The first kappa shape index (κ1) is 19.6. The van der Waals surface area contributed by atoms with Crippen molar-refractivity contribution in [2.75, 3.05) is 12.8 Å². The molecule has 1 aromatic carbocycles. The van der Waals surface area contributed by atoms with Crippen LogP contribution in [0.5, 0.6) is 0 Å². The summed E-state index contributed by atoms with van der Waals surface area (Å²) in [7, 11) is -3.80. The number of nitrogens with zero attached hydrogens (tertiary/aromatic N) is 2. The van der Waals surface area contributed by atoms with E-state index in [1.165, 1.54) is 24.3 Å². The predicted molar refractivity (Wildman–Crippen MR) is 85.7 cm³/mol. The number of carbonyl (C=O) groups excluding carboxylic acids is 1. The number of nitro benzene ring substituents is 1. The van der Waals surface area contributed by atoms with Gasteiger partial charge in [0.25, 0.3) is 15.8 Å². The second-order valence-electron chi connectivity index (χ2n) is 5.64. The normalized spacial score (nSPS) is 20.0. The molecule has 0 aliphatic carbocycles. The van der Waals surface area contributed by atoms with E-state index in [2.05, 4.69) is 0 Å². The molecule has 0 bridgehead atoms. The molecule has 2 atom stereocenters. The summed E-state index contributed by atoms with van der Waals surface area (Å²) in [6.45, 7) is -0.472. The van der Waals surface area contributed by atoms with Gasteiger partial charge < -0.3 is 9.84 Å². The number of non-ortho nitro benzene ring substituents is 1. The molecule has 2 unspecified atom stereocenters. The van der Waals surface area contributed by atoms with Gasteiger partial charge in [-0.15, -0.1) is 0 Å². The van der Waals surface area contributed by atoms with Crippen LogP contribution in [0.25, 0.3) is 0 Å². The molecular weight excluding hydrogens is 372 g/mol. The SMILES string of the molecule is CS(=O)(=O)OC1CC(C(=O)O)N(C(=O)OCc2ccc([N+](=O)[O-])cc2)C1. The third-order valence-electron chi connectivity index (χ3n) is 3.60. The van der Waals surface area contributed by atoms with Crippen molar-refractivity contribution in [3.63, 3.8) is 0 Å². The fourth-order valence-corrected chi connectivity index (χ4v) is 3.13. The van der Waals surface area contributed by atoms with Crippen LogP contribution in [0, 0.1) is 10.1 Å². The maximum absolute atomic E-state index is 12.1. The van der Waals surface area contributed by atoms with Crippen molar-refractivity contribution < 1.29 is 37.0 Å². The molecule has 1 N–H and O–H groups in total. The quantitative estimate of drug-likeness (QED) is 0.422. The van der Waals surface area contributed by atoms with E-state index in [1.54, 1.807) is 0 Å². The molecule has 1 saturated heterocycles. The topological polar surface area (TPSA) is 153 Å². The number of nitro groups is 1. The first-order valence-electron chi connectivity index (χ1n) is 7.34. The van der Waals surface area contributed by atoms with Crippen LogP contribution < -0.4 is 0 Å². The Labute approximate surface area is 148 Å². The molecule has 12 heteroatoms. The summed E-state index contributed by atoms with van der Waals surface area (Å²) in [4.78, 5) is 34.3. The minimum Gasteiger partial charge on any atom is -0.480 e. The Morgan fingerprint density at radius 2 is 1.96 bits per heavy atom. The molecule has 11 nitrogen and oxygen atoms in total. The van der Waals surface area contributed by atoms with E-state index in [0.717, 1.165) is 11.2 Å². The lowest BCUT2D eigenvalue weighted by atomic mass is 10.2. The zero-order chi connectivity index (χ0) is 19.5. The number of amides is 1. The monoisotopic (exact) mass is 388 g/mol. The Morgan fingerprint density at radius 3 is 2.46 bits per heavy atom. The van der Waals surface area contributed by atoms with Crippen molar-refractivity contribution in [3.8, 4) is 0 Å². The number of carbonyl (C=O) groups is 2. The van der Waals surface area contributed by atoms with Crippen LogP contribution in [0.3, 0.4) is 0 Å². The lowest BCUT2D eigenvalue weighted by molar-refractivity contribution is -0.384. The number of benzene rings is 1. The molecule has 1 heterocycles. The second kappa shape index (κ2) is 7.66. The molecule has 0 aromatic heterocycles. The van der Waals surface area contributed by atoms with Crippen LogP contribution in [0.2, 0.25) is 0 Å². The number of hydrogen-bond donors (Lipinski definition) is 1. The zero-order valence-electron chi connectivity index (χ0n) is 13.6. The molecule has 1 aromatic rings. The Hall–Kier alpha value is -2.73. The maximum Gasteiger partial charge on any atom is 0.410 e. The average Bonchev–Trinajstić information content (AvgIpc) is 2.95. The van der Waals surface area contributed by atoms with Gasteiger partial charge in [0.15, 0.2) is 0 Å². The van der Waals surface area contributed by atoms with Crippen LogP contribution >= 0.6 is 0 Å². The molecule has 142 valence electrons. The summed E-state index contributed by atoms with van der Waals surface area (Å²) < 4.78 is 32.1. The Morgan fingerprint density at radius 1 is 1.35 bits per heavy atom. The van der Waals surface area contributed by atoms with Gasteiger partial charge in [-0.05, 0) is 17.7 Å². The largest absolute Gasteiger partial charge is 0.480 e. The molecule has 2 rings (SSSR count). The molecule has 0 radical (unpaired) electrons. The maximum atomic E-state index is 12.1. The van der Waals surface area contributed by atoms with E-state index >= 15 is 0 Å². The van der Waals surface area contributed by atoms with Gasteiger partial charge in [0.05, 0.1) is 23.8 Å². The summed E-state index contributed by atoms with van der Waals surface area (Å²) in [6, 6.07) is 4.02. The molecule has 1 aliphatic heterocycles. The summed E-state index contributed by atoms with van der Waals surface area (Å²) in [5, 5.41) is 19.8. The second-order valence-corrected chi connectivity index (χ2v) is 7.24. The smallest absolute Gasteiger partial charge is 0.410 e. The van der Waals surface area contributed by atoms with E-state index in [0.29, 0.717) is 5.56 Å². The number of carboxylic acid groups (broad SMARTS) is 1. The third kappa shape index (κ3) is 5.13. The van der Waals surface area contributed by atoms with Gasteiger partial charge in [0.1, 0.15) is 12.6 Å². The van der Waals surface area contributed by atoms with Gasteiger partial charge in [0, 0.05) is 18.6 Å². The van der Waals surface area contributed by atoms with Crippen molar-refractivity contribution >= 4 is 27.9 Å². The van der Waals surface area contributed by atoms with Crippen LogP contribution in [0.1, 0.15) is 12.0 Å². The number of carboxylic acids is 1. The fourth-order valence-electron chi connectivity index (χ4n) is 2.49. The summed E-state index contributed by atoms with van der Waals surface area (Å²) in [6.07, 6.45) is -1.28. The molecule has 1 fully saturated rings. The van der Waals surface area contributed by atoms with E-state index < -0.39 is 39.2 Å².